The van der Waals surface area contributed by atoms with Crippen molar-refractivity contribution in [2.24, 2.45) is 11.1 Å². The van der Waals surface area contributed by atoms with Crippen LogP contribution < -0.4 is 5.73 Å². The molecule has 0 spiro atoms. The van der Waals surface area contributed by atoms with E-state index >= 15 is 0 Å². The highest BCUT2D eigenvalue weighted by molar-refractivity contribution is 5.22. The van der Waals surface area contributed by atoms with Gasteiger partial charge in [0, 0.05) is 11.7 Å². The van der Waals surface area contributed by atoms with E-state index in [1.165, 1.54) is 24.2 Å². The van der Waals surface area contributed by atoms with Gasteiger partial charge in [-0.2, -0.15) is 0 Å². The van der Waals surface area contributed by atoms with E-state index in [-0.39, 0.29) is 11.5 Å². The number of hydrogen-bond donors (Lipinski definition) is 1. The molecule has 1 aliphatic carbocycles. The number of aryl methyl sites for hydroxylation is 2. The number of rotatable bonds is 2. The summed E-state index contributed by atoms with van der Waals surface area (Å²) >= 11 is 0. The van der Waals surface area contributed by atoms with Crippen molar-refractivity contribution < 1.29 is 0 Å². The van der Waals surface area contributed by atoms with Gasteiger partial charge in [0.1, 0.15) is 5.82 Å². The van der Waals surface area contributed by atoms with Gasteiger partial charge >= 0.3 is 0 Å². The maximum atomic E-state index is 6.27. The van der Waals surface area contributed by atoms with Crippen LogP contribution in [0.25, 0.3) is 0 Å². The highest BCUT2D eigenvalue weighted by Crippen LogP contribution is 2.36. The molecule has 0 bridgehead atoms. The molecule has 1 aromatic rings. The predicted molar refractivity (Wildman–Crippen MR) is 75.7 cm³/mol. The maximum Gasteiger partial charge on any atom is 0.106 e. The van der Waals surface area contributed by atoms with Crippen LogP contribution in [0, 0.1) is 12.3 Å². The second kappa shape index (κ2) is 4.69. The molecular formula is C15H27N3. The first-order valence-electron chi connectivity index (χ1n) is 7.14. The predicted octanol–water partition coefficient (Wildman–Crippen LogP) is 3.00. The number of nitrogens with two attached hydrogens (primary N) is 1. The van der Waals surface area contributed by atoms with Crippen molar-refractivity contribution in [3.63, 3.8) is 0 Å². The lowest BCUT2D eigenvalue weighted by Gasteiger charge is -2.37. The van der Waals surface area contributed by atoms with Crippen molar-refractivity contribution in [1.29, 1.82) is 0 Å². The SMILES string of the molecule is Cc1nc2c(n1C(C(C)N)C(C)(C)C)CCCC2. The van der Waals surface area contributed by atoms with Gasteiger partial charge in [0.15, 0.2) is 0 Å². The molecule has 2 unspecified atom stereocenters. The average molecular weight is 249 g/mol. The van der Waals surface area contributed by atoms with Crippen molar-refractivity contribution in [2.45, 2.75) is 72.4 Å². The van der Waals surface area contributed by atoms with Gasteiger partial charge in [-0.3, -0.25) is 0 Å². The van der Waals surface area contributed by atoms with Crippen LogP contribution in [0.15, 0.2) is 0 Å². The lowest BCUT2D eigenvalue weighted by molar-refractivity contribution is 0.205. The molecule has 2 atom stereocenters. The first-order chi connectivity index (χ1) is 8.32. The van der Waals surface area contributed by atoms with Gasteiger partial charge in [0.2, 0.25) is 0 Å². The number of aromatic nitrogens is 2. The van der Waals surface area contributed by atoms with Crippen LogP contribution in [0.2, 0.25) is 0 Å². The standard InChI is InChI=1S/C15H27N3/c1-10(16)14(15(3,4)5)18-11(2)17-12-8-6-7-9-13(12)18/h10,14H,6-9,16H2,1-5H3. The molecule has 3 heteroatoms. The van der Waals surface area contributed by atoms with Gasteiger partial charge in [-0.15, -0.1) is 0 Å². The monoisotopic (exact) mass is 249 g/mol. The number of nitrogens with zero attached hydrogens (tertiary/aromatic N) is 2. The molecule has 0 radical (unpaired) electrons. The van der Waals surface area contributed by atoms with Crippen LogP contribution in [-0.2, 0) is 12.8 Å². The van der Waals surface area contributed by atoms with Gasteiger partial charge in [-0.1, -0.05) is 20.8 Å². The fourth-order valence-electron chi connectivity index (χ4n) is 3.48. The Morgan fingerprint density at radius 3 is 2.39 bits per heavy atom. The summed E-state index contributed by atoms with van der Waals surface area (Å²) in [6, 6.07) is 0.468. The van der Waals surface area contributed by atoms with Gasteiger partial charge < -0.3 is 10.3 Å². The highest BCUT2D eigenvalue weighted by atomic mass is 15.1. The van der Waals surface area contributed by atoms with Crippen molar-refractivity contribution in [3.8, 4) is 0 Å². The summed E-state index contributed by atoms with van der Waals surface area (Å²) in [5, 5.41) is 0. The first kappa shape index (κ1) is 13.6. The molecule has 0 aliphatic heterocycles. The second-order valence-corrected chi connectivity index (χ2v) is 6.80. The molecule has 2 N–H and O–H groups in total. The quantitative estimate of drug-likeness (QED) is 0.875. The second-order valence-electron chi connectivity index (χ2n) is 6.80. The number of imidazole rings is 1. The Bertz CT molecular complexity index is 424. The fraction of sp³-hybridized carbons (Fsp3) is 0.800. The van der Waals surface area contributed by atoms with Gasteiger partial charge in [0.05, 0.1) is 11.7 Å². The molecule has 1 aromatic heterocycles. The molecule has 3 nitrogen and oxygen atoms in total. The Morgan fingerprint density at radius 2 is 1.83 bits per heavy atom. The average Bonchev–Trinajstić information content (AvgIpc) is 2.54. The molecule has 0 saturated heterocycles. The third-order valence-corrected chi connectivity index (χ3v) is 4.01. The third kappa shape index (κ3) is 2.33. The van der Waals surface area contributed by atoms with Crippen LogP contribution >= 0.6 is 0 Å². The molecule has 2 rings (SSSR count). The smallest absolute Gasteiger partial charge is 0.106 e. The summed E-state index contributed by atoms with van der Waals surface area (Å²) in [7, 11) is 0. The Kier molecular flexibility index (Phi) is 3.54. The Balaban J connectivity index is 2.51. The minimum Gasteiger partial charge on any atom is -0.327 e. The van der Waals surface area contributed by atoms with Crippen LogP contribution in [0.5, 0.6) is 0 Å². The van der Waals surface area contributed by atoms with E-state index in [1.807, 2.05) is 0 Å². The molecule has 102 valence electrons. The van der Waals surface area contributed by atoms with E-state index in [9.17, 15) is 0 Å². The Labute approximate surface area is 111 Å². The van der Waals surface area contributed by atoms with Gasteiger partial charge in [-0.25, -0.2) is 4.98 Å². The van der Waals surface area contributed by atoms with E-state index in [4.69, 9.17) is 10.7 Å². The zero-order valence-electron chi connectivity index (χ0n) is 12.5. The molecule has 0 saturated carbocycles. The fourth-order valence-corrected chi connectivity index (χ4v) is 3.48. The number of hydrogen-bond acceptors (Lipinski definition) is 2. The van der Waals surface area contributed by atoms with Gasteiger partial charge in [0.25, 0.3) is 0 Å². The van der Waals surface area contributed by atoms with Crippen LogP contribution in [0.1, 0.15) is 63.8 Å². The van der Waals surface area contributed by atoms with E-state index < -0.39 is 0 Å². The van der Waals surface area contributed by atoms with E-state index in [2.05, 4.69) is 39.2 Å². The maximum absolute atomic E-state index is 6.27. The lowest BCUT2D eigenvalue weighted by atomic mass is 9.82. The van der Waals surface area contributed by atoms with E-state index in [0.717, 1.165) is 18.7 Å². The minimum atomic E-state index is 0.143. The summed E-state index contributed by atoms with van der Waals surface area (Å²) < 4.78 is 2.43. The Morgan fingerprint density at radius 1 is 1.22 bits per heavy atom. The summed E-state index contributed by atoms with van der Waals surface area (Å²) in [5.41, 5.74) is 9.18. The summed E-state index contributed by atoms with van der Waals surface area (Å²) in [6.07, 6.45) is 4.87. The summed E-state index contributed by atoms with van der Waals surface area (Å²) in [4.78, 5) is 4.78. The van der Waals surface area contributed by atoms with E-state index in [1.54, 1.807) is 0 Å². The zero-order chi connectivity index (χ0) is 13.5. The molecule has 18 heavy (non-hydrogen) atoms. The lowest BCUT2D eigenvalue weighted by Crippen LogP contribution is -2.39. The van der Waals surface area contributed by atoms with Crippen LogP contribution in [0.3, 0.4) is 0 Å². The largest absolute Gasteiger partial charge is 0.327 e. The summed E-state index contributed by atoms with van der Waals surface area (Å²) in [5.74, 6) is 1.14. The summed E-state index contributed by atoms with van der Waals surface area (Å²) in [6.45, 7) is 11.1. The molecule has 0 amide bonds. The van der Waals surface area contributed by atoms with Crippen molar-refractivity contribution in [1.82, 2.24) is 9.55 Å². The third-order valence-electron chi connectivity index (χ3n) is 4.01. The Hall–Kier alpha value is -0.830. The molecule has 0 aromatic carbocycles. The van der Waals surface area contributed by atoms with Crippen molar-refractivity contribution in [2.75, 3.05) is 0 Å². The molecule has 1 aliphatic rings. The van der Waals surface area contributed by atoms with Crippen molar-refractivity contribution in [3.05, 3.63) is 17.2 Å². The topological polar surface area (TPSA) is 43.8 Å². The van der Waals surface area contributed by atoms with Crippen LogP contribution in [-0.4, -0.2) is 15.6 Å². The number of fused-ring (bicyclic) bond motifs is 1. The van der Waals surface area contributed by atoms with Gasteiger partial charge in [-0.05, 0) is 44.9 Å². The van der Waals surface area contributed by atoms with Crippen LogP contribution in [0.4, 0.5) is 0 Å². The molecule has 1 heterocycles. The zero-order valence-corrected chi connectivity index (χ0v) is 12.5. The highest BCUT2D eigenvalue weighted by Gasteiger charge is 2.33. The minimum absolute atomic E-state index is 0.143. The normalized spacial score (nSPS) is 19.4. The first-order valence-corrected chi connectivity index (χ1v) is 7.14. The van der Waals surface area contributed by atoms with Crippen molar-refractivity contribution >= 4 is 0 Å². The molecular weight excluding hydrogens is 222 g/mol. The molecule has 0 fully saturated rings. The van der Waals surface area contributed by atoms with E-state index in [0.29, 0.717) is 6.04 Å².